The van der Waals surface area contributed by atoms with Crippen LogP contribution in [0.15, 0.2) is 12.1 Å². The molecule has 16 heavy (non-hydrogen) atoms. The molecule has 0 aliphatic rings. The van der Waals surface area contributed by atoms with Gasteiger partial charge < -0.3 is 9.84 Å². The Bertz CT molecular complexity index is 350. The molecule has 1 N–H and O–H groups in total. The number of methoxy groups -OCH3 is 1. The second-order valence-electron chi connectivity index (χ2n) is 4.23. The van der Waals surface area contributed by atoms with E-state index < -0.39 is 0 Å². The van der Waals surface area contributed by atoms with E-state index in [4.69, 9.17) is 9.84 Å². The summed E-state index contributed by atoms with van der Waals surface area (Å²) in [7, 11) is 3.60. The van der Waals surface area contributed by atoms with Crippen molar-refractivity contribution in [2.45, 2.75) is 20.3 Å². The summed E-state index contributed by atoms with van der Waals surface area (Å²) in [6.45, 7) is 5.09. The molecule has 0 fully saturated rings. The maximum absolute atomic E-state index is 8.95. The Balaban J connectivity index is 2.85. The van der Waals surface area contributed by atoms with Crippen LogP contribution in [0, 0.1) is 13.8 Å². The number of likely N-dealkylation sites (N-methyl/N-ethyl adjacent to an activating group) is 1. The zero-order chi connectivity index (χ0) is 12.1. The summed E-state index contributed by atoms with van der Waals surface area (Å²) < 4.78 is 5.39. The third-order valence-electron chi connectivity index (χ3n) is 2.78. The predicted octanol–water partition coefficient (Wildman–Crippen LogP) is 1.74. The van der Waals surface area contributed by atoms with Crippen molar-refractivity contribution in [2.24, 2.45) is 0 Å². The molecule has 0 atom stereocenters. The molecule has 0 radical (unpaired) electrons. The van der Waals surface area contributed by atoms with Crippen LogP contribution in [-0.2, 0) is 6.42 Å². The minimum atomic E-state index is 0.0905. The molecule has 0 aliphatic carbocycles. The molecule has 1 aromatic rings. The van der Waals surface area contributed by atoms with Gasteiger partial charge in [-0.15, -0.1) is 0 Å². The van der Waals surface area contributed by atoms with Crippen molar-refractivity contribution in [2.75, 3.05) is 27.4 Å². The van der Waals surface area contributed by atoms with Gasteiger partial charge in [0.1, 0.15) is 5.75 Å². The number of hydrogen-bond donors (Lipinski definition) is 1. The lowest BCUT2D eigenvalue weighted by Gasteiger charge is -2.16. The van der Waals surface area contributed by atoms with Crippen LogP contribution in [0.4, 0.5) is 0 Å². The monoisotopic (exact) mass is 223 g/mol. The number of hydrogen-bond acceptors (Lipinski definition) is 3. The summed E-state index contributed by atoms with van der Waals surface area (Å²) in [5, 5.41) is 8.95. The fourth-order valence-corrected chi connectivity index (χ4v) is 1.83. The van der Waals surface area contributed by atoms with Gasteiger partial charge >= 0.3 is 0 Å². The highest BCUT2D eigenvalue weighted by atomic mass is 16.5. The molecule has 0 saturated carbocycles. The lowest BCUT2D eigenvalue weighted by atomic mass is 10.0. The smallest absolute Gasteiger partial charge is 0.122 e. The molecular formula is C13H21NO2. The minimum absolute atomic E-state index is 0.0905. The van der Waals surface area contributed by atoms with Crippen LogP contribution >= 0.6 is 0 Å². The van der Waals surface area contributed by atoms with Crippen LogP contribution in [0.25, 0.3) is 0 Å². The maximum Gasteiger partial charge on any atom is 0.122 e. The molecule has 0 heterocycles. The first-order chi connectivity index (χ1) is 7.58. The molecule has 0 amide bonds. The van der Waals surface area contributed by atoms with E-state index in [0.29, 0.717) is 0 Å². The second kappa shape index (κ2) is 5.87. The fraction of sp³-hybridized carbons (Fsp3) is 0.538. The molecule has 3 nitrogen and oxygen atoms in total. The van der Waals surface area contributed by atoms with Crippen molar-refractivity contribution in [1.82, 2.24) is 4.90 Å². The number of aryl methyl sites for hydroxylation is 2. The van der Waals surface area contributed by atoms with E-state index in [1.807, 2.05) is 11.9 Å². The van der Waals surface area contributed by atoms with Gasteiger partial charge in [-0.3, -0.25) is 4.90 Å². The first kappa shape index (κ1) is 13.0. The van der Waals surface area contributed by atoms with Gasteiger partial charge in [0.25, 0.3) is 0 Å². The van der Waals surface area contributed by atoms with Gasteiger partial charge in [-0.05, 0) is 50.1 Å². The van der Waals surface area contributed by atoms with Gasteiger partial charge in [-0.25, -0.2) is 0 Å². The summed E-state index contributed by atoms with van der Waals surface area (Å²) >= 11 is 0. The van der Waals surface area contributed by atoms with Gasteiger partial charge in [0, 0.05) is 6.54 Å². The highest BCUT2D eigenvalue weighted by Crippen LogP contribution is 2.24. The molecule has 0 bridgehead atoms. The quantitative estimate of drug-likeness (QED) is 0.772. The number of benzene rings is 1. The van der Waals surface area contributed by atoms with Crippen LogP contribution in [0.1, 0.15) is 16.7 Å². The SMILES string of the molecule is COc1cc(C)cc(C)c1CCN(C)CO. The molecule has 0 aromatic heterocycles. The van der Waals surface area contributed by atoms with Crippen molar-refractivity contribution in [3.05, 3.63) is 28.8 Å². The fourth-order valence-electron chi connectivity index (χ4n) is 1.83. The number of nitrogens with zero attached hydrogens (tertiary/aromatic N) is 1. The Morgan fingerprint density at radius 1 is 1.31 bits per heavy atom. The average Bonchev–Trinajstić information content (AvgIpc) is 2.26. The van der Waals surface area contributed by atoms with E-state index >= 15 is 0 Å². The number of ether oxygens (including phenoxy) is 1. The summed E-state index contributed by atoms with van der Waals surface area (Å²) in [6.07, 6.45) is 0.895. The van der Waals surface area contributed by atoms with Crippen LogP contribution in [0.2, 0.25) is 0 Å². The number of rotatable bonds is 5. The van der Waals surface area contributed by atoms with Crippen LogP contribution in [0.3, 0.4) is 0 Å². The Hall–Kier alpha value is -1.06. The van der Waals surface area contributed by atoms with Crippen LogP contribution in [-0.4, -0.2) is 37.4 Å². The largest absolute Gasteiger partial charge is 0.496 e. The molecule has 3 heteroatoms. The van der Waals surface area contributed by atoms with Crippen LogP contribution < -0.4 is 4.74 Å². The minimum Gasteiger partial charge on any atom is -0.496 e. The lowest BCUT2D eigenvalue weighted by molar-refractivity contribution is 0.134. The van der Waals surface area contributed by atoms with Gasteiger partial charge in [-0.2, -0.15) is 0 Å². The summed E-state index contributed by atoms with van der Waals surface area (Å²) in [5.74, 6) is 0.948. The molecule has 1 rings (SSSR count). The van der Waals surface area contributed by atoms with Crippen molar-refractivity contribution < 1.29 is 9.84 Å². The van der Waals surface area contributed by atoms with Crippen molar-refractivity contribution >= 4 is 0 Å². The molecule has 0 aliphatic heterocycles. The first-order valence-electron chi connectivity index (χ1n) is 5.52. The van der Waals surface area contributed by atoms with E-state index in [1.165, 1.54) is 16.7 Å². The van der Waals surface area contributed by atoms with E-state index in [2.05, 4.69) is 26.0 Å². The number of aliphatic hydroxyl groups is 1. The molecule has 90 valence electrons. The Labute approximate surface area is 97.7 Å². The zero-order valence-electron chi connectivity index (χ0n) is 10.6. The summed E-state index contributed by atoms with van der Waals surface area (Å²) in [6, 6.07) is 4.22. The normalized spacial score (nSPS) is 10.9. The Morgan fingerprint density at radius 2 is 2.00 bits per heavy atom. The van der Waals surface area contributed by atoms with Gasteiger partial charge in [0.05, 0.1) is 13.8 Å². The van der Waals surface area contributed by atoms with Crippen molar-refractivity contribution in [3.63, 3.8) is 0 Å². The standard InChI is InChI=1S/C13H21NO2/c1-10-7-11(2)12(13(8-10)16-4)5-6-14(3)9-15/h7-8,15H,5-6,9H2,1-4H3. The van der Waals surface area contributed by atoms with Gasteiger partial charge in [0.2, 0.25) is 0 Å². The molecule has 1 aromatic carbocycles. The van der Waals surface area contributed by atoms with E-state index in [1.54, 1.807) is 7.11 Å². The molecule has 0 unspecified atom stereocenters. The maximum atomic E-state index is 8.95. The third-order valence-corrected chi connectivity index (χ3v) is 2.78. The Morgan fingerprint density at radius 3 is 2.56 bits per heavy atom. The first-order valence-corrected chi connectivity index (χ1v) is 5.52. The topological polar surface area (TPSA) is 32.7 Å². The summed E-state index contributed by atoms with van der Waals surface area (Å²) in [4.78, 5) is 1.87. The Kier molecular flexibility index (Phi) is 4.77. The highest BCUT2D eigenvalue weighted by Gasteiger charge is 2.08. The number of aliphatic hydroxyl groups excluding tert-OH is 1. The van der Waals surface area contributed by atoms with E-state index in [-0.39, 0.29) is 6.73 Å². The van der Waals surface area contributed by atoms with Crippen molar-refractivity contribution in [3.8, 4) is 5.75 Å². The summed E-state index contributed by atoms with van der Waals surface area (Å²) in [5.41, 5.74) is 3.70. The zero-order valence-corrected chi connectivity index (χ0v) is 10.6. The molecule has 0 saturated heterocycles. The van der Waals surface area contributed by atoms with E-state index in [9.17, 15) is 0 Å². The van der Waals surface area contributed by atoms with Crippen LogP contribution in [0.5, 0.6) is 5.75 Å². The third kappa shape index (κ3) is 3.22. The van der Waals surface area contributed by atoms with Gasteiger partial charge in [-0.1, -0.05) is 6.07 Å². The lowest BCUT2D eigenvalue weighted by Crippen LogP contribution is -2.22. The molecule has 0 spiro atoms. The van der Waals surface area contributed by atoms with Gasteiger partial charge in [0.15, 0.2) is 0 Å². The average molecular weight is 223 g/mol. The predicted molar refractivity (Wildman–Crippen MR) is 65.9 cm³/mol. The van der Waals surface area contributed by atoms with E-state index in [0.717, 1.165) is 18.7 Å². The second-order valence-corrected chi connectivity index (χ2v) is 4.23. The highest BCUT2D eigenvalue weighted by molar-refractivity contribution is 5.43. The molecular weight excluding hydrogens is 202 g/mol. The van der Waals surface area contributed by atoms with Crippen molar-refractivity contribution in [1.29, 1.82) is 0 Å².